The van der Waals surface area contributed by atoms with Gasteiger partial charge in [0.15, 0.2) is 6.29 Å². The number of alkyl halides is 2. The van der Waals surface area contributed by atoms with Gasteiger partial charge in [0.05, 0.1) is 6.10 Å². The van der Waals surface area contributed by atoms with E-state index in [0.29, 0.717) is 32.3 Å². The lowest BCUT2D eigenvalue weighted by Gasteiger charge is -2.28. The van der Waals surface area contributed by atoms with Gasteiger partial charge in [-0.25, -0.2) is 0 Å². The molecule has 1 aliphatic heterocycles. The molecule has 1 aliphatic carbocycles. The van der Waals surface area contributed by atoms with E-state index in [0.717, 1.165) is 24.5 Å². The molecule has 0 N–H and O–H groups in total. The second kappa shape index (κ2) is 15.9. The molecule has 0 amide bonds. The average Bonchev–Trinajstić information content (AvgIpc) is 3.21. The highest BCUT2D eigenvalue weighted by molar-refractivity contribution is 5.96. The quantitative estimate of drug-likeness (QED) is 0.102. The number of allylic oxidation sites excluding steroid dienone is 3. The van der Waals surface area contributed by atoms with Crippen LogP contribution in [0.3, 0.4) is 0 Å². The first-order chi connectivity index (χ1) is 19.2. The van der Waals surface area contributed by atoms with Gasteiger partial charge in [0.25, 0.3) is 0 Å². The van der Waals surface area contributed by atoms with E-state index in [-0.39, 0.29) is 37.1 Å². The summed E-state index contributed by atoms with van der Waals surface area (Å²) in [7, 11) is 0. The van der Waals surface area contributed by atoms with Crippen LogP contribution in [0.2, 0.25) is 0 Å². The van der Waals surface area contributed by atoms with Crippen molar-refractivity contribution in [2.24, 2.45) is 17.8 Å². The molecule has 8 heteroatoms. The van der Waals surface area contributed by atoms with Gasteiger partial charge in [0, 0.05) is 37.7 Å². The van der Waals surface area contributed by atoms with Gasteiger partial charge in [0.2, 0.25) is 5.78 Å². The van der Waals surface area contributed by atoms with Crippen LogP contribution in [-0.4, -0.2) is 42.5 Å². The fraction of sp³-hybridized carbons (Fsp3) is 0.594. The van der Waals surface area contributed by atoms with Gasteiger partial charge in [-0.3, -0.25) is 14.4 Å². The number of unbranched alkanes of at least 4 members (excludes halogenated alkanes) is 1. The van der Waals surface area contributed by atoms with Crippen molar-refractivity contribution in [3.8, 4) is 0 Å². The summed E-state index contributed by atoms with van der Waals surface area (Å²) >= 11 is 0. The number of esters is 1. The molecule has 0 bridgehead atoms. The second-order valence-corrected chi connectivity index (χ2v) is 11.1. The van der Waals surface area contributed by atoms with E-state index in [1.807, 2.05) is 42.5 Å². The highest BCUT2D eigenvalue weighted by Gasteiger charge is 2.43. The molecule has 2 aliphatic rings. The Morgan fingerprint density at radius 3 is 2.62 bits per heavy atom. The maximum atomic E-state index is 14.3. The Labute approximate surface area is 236 Å². The van der Waals surface area contributed by atoms with Crippen molar-refractivity contribution in [1.82, 2.24) is 0 Å². The minimum Gasteiger partial charge on any atom is -0.461 e. The van der Waals surface area contributed by atoms with Crippen LogP contribution < -0.4 is 0 Å². The molecule has 3 rings (SSSR count). The summed E-state index contributed by atoms with van der Waals surface area (Å²) in [5.74, 6) is -6.31. The molecule has 1 saturated carbocycles. The van der Waals surface area contributed by atoms with Crippen molar-refractivity contribution in [2.75, 3.05) is 6.61 Å². The number of hydrogen-bond acceptors (Lipinski definition) is 6. The molecule has 4 atom stereocenters. The Bertz CT molecular complexity index is 1010. The topological polar surface area (TPSA) is 78.9 Å². The minimum absolute atomic E-state index is 0.0222. The highest BCUT2D eigenvalue weighted by Crippen LogP contribution is 2.37. The highest BCUT2D eigenvalue weighted by atomic mass is 19.3. The number of carbonyl (C=O) groups is 3. The van der Waals surface area contributed by atoms with Crippen LogP contribution in [-0.2, 0) is 35.2 Å². The van der Waals surface area contributed by atoms with E-state index in [4.69, 9.17) is 14.2 Å². The zero-order valence-corrected chi connectivity index (χ0v) is 23.6. The lowest BCUT2D eigenvalue weighted by molar-refractivity contribution is -0.192. The van der Waals surface area contributed by atoms with Crippen LogP contribution in [0, 0.1) is 17.8 Å². The van der Waals surface area contributed by atoms with Crippen molar-refractivity contribution in [3.63, 3.8) is 0 Å². The molecule has 1 aromatic carbocycles. The first kappa shape index (κ1) is 31.8. The normalized spacial score (nSPS) is 23.9. The molecule has 1 heterocycles. The maximum Gasteiger partial charge on any atom is 0.309 e. The zero-order chi connectivity index (χ0) is 29.0. The fourth-order valence-corrected chi connectivity index (χ4v) is 5.13. The van der Waals surface area contributed by atoms with E-state index < -0.39 is 42.4 Å². The largest absolute Gasteiger partial charge is 0.461 e. The van der Waals surface area contributed by atoms with E-state index in [1.165, 1.54) is 6.08 Å². The Morgan fingerprint density at radius 2 is 1.93 bits per heavy atom. The van der Waals surface area contributed by atoms with Gasteiger partial charge >= 0.3 is 11.9 Å². The number of carbonyl (C=O) groups excluding carboxylic acids is 3. The van der Waals surface area contributed by atoms with Gasteiger partial charge in [-0.2, -0.15) is 8.78 Å². The zero-order valence-electron chi connectivity index (χ0n) is 23.6. The van der Waals surface area contributed by atoms with Crippen LogP contribution in [0.25, 0.3) is 0 Å². The number of hydrogen-bond donors (Lipinski definition) is 0. The predicted octanol–water partition coefficient (Wildman–Crippen LogP) is 6.77. The first-order valence-corrected chi connectivity index (χ1v) is 14.4. The molecule has 6 nitrogen and oxygen atoms in total. The summed E-state index contributed by atoms with van der Waals surface area (Å²) in [4.78, 5) is 37.3. The van der Waals surface area contributed by atoms with Gasteiger partial charge < -0.3 is 14.2 Å². The molecular weight excluding hydrogens is 518 g/mol. The van der Waals surface area contributed by atoms with Crippen LogP contribution in [0.1, 0.15) is 77.2 Å². The summed E-state index contributed by atoms with van der Waals surface area (Å²) in [6.45, 7) is 4.11. The van der Waals surface area contributed by atoms with Gasteiger partial charge in [-0.05, 0) is 56.1 Å². The van der Waals surface area contributed by atoms with Gasteiger partial charge in [0.1, 0.15) is 12.4 Å². The Balaban J connectivity index is 1.54. The van der Waals surface area contributed by atoms with E-state index in [9.17, 15) is 23.2 Å². The third-order valence-corrected chi connectivity index (χ3v) is 7.22. The van der Waals surface area contributed by atoms with E-state index in [1.54, 1.807) is 13.8 Å². The van der Waals surface area contributed by atoms with Crippen LogP contribution >= 0.6 is 0 Å². The molecule has 1 saturated heterocycles. The molecule has 1 unspecified atom stereocenters. The number of benzene rings is 1. The number of halogens is 2. The Kier molecular flexibility index (Phi) is 12.7. The lowest BCUT2D eigenvalue weighted by Crippen LogP contribution is -2.31. The summed E-state index contributed by atoms with van der Waals surface area (Å²) in [5.41, 5.74) is 0.934. The number of ketones is 2. The monoisotopic (exact) mass is 560 g/mol. The van der Waals surface area contributed by atoms with Crippen molar-refractivity contribution in [2.45, 2.75) is 96.6 Å². The first-order valence-electron chi connectivity index (χ1n) is 14.4. The molecule has 0 spiro atoms. The van der Waals surface area contributed by atoms with Crippen molar-refractivity contribution in [1.29, 1.82) is 0 Å². The minimum atomic E-state index is -3.45. The Morgan fingerprint density at radius 1 is 1.15 bits per heavy atom. The molecule has 0 aromatic heterocycles. The average molecular weight is 561 g/mol. The van der Waals surface area contributed by atoms with Gasteiger partial charge in [-0.15, -0.1) is 0 Å². The standard InChI is InChI=1S/C32H42F2O6/c1-23(2)21-32(33,34)29(36)18-17-26-25(27(35)20-28(26)40-31-16-10-11-19-38-31)14-8-3-4-9-15-30(37)39-22-24-12-6-5-7-13-24/h3,5-8,12-13,17-18,23,25-26,28,31H,4,9-11,14-16,19-22H2,1-2H3/t25-,26-,28-,31?/m1/s1. The van der Waals surface area contributed by atoms with E-state index in [2.05, 4.69) is 0 Å². The van der Waals surface area contributed by atoms with Crippen LogP contribution in [0.15, 0.2) is 54.6 Å². The van der Waals surface area contributed by atoms with Gasteiger partial charge in [-0.1, -0.05) is 62.4 Å². The van der Waals surface area contributed by atoms with Crippen molar-refractivity contribution in [3.05, 3.63) is 60.2 Å². The smallest absolute Gasteiger partial charge is 0.309 e. The number of rotatable bonds is 15. The fourth-order valence-electron chi connectivity index (χ4n) is 5.13. The van der Waals surface area contributed by atoms with Crippen molar-refractivity contribution < 1.29 is 37.4 Å². The van der Waals surface area contributed by atoms with Crippen LogP contribution in [0.5, 0.6) is 0 Å². The molecule has 220 valence electrons. The lowest BCUT2D eigenvalue weighted by atomic mass is 9.89. The number of ether oxygens (including phenoxy) is 3. The third kappa shape index (κ3) is 10.4. The maximum absolute atomic E-state index is 14.3. The molecule has 2 fully saturated rings. The summed E-state index contributed by atoms with van der Waals surface area (Å²) in [5, 5.41) is 0. The molecule has 1 aromatic rings. The predicted molar refractivity (Wildman–Crippen MR) is 147 cm³/mol. The second-order valence-electron chi connectivity index (χ2n) is 11.1. The summed E-state index contributed by atoms with van der Waals surface area (Å²) in [6.07, 6.45) is 9.37. The molecular formula is C32H42F2O6. The van der Waals surface area contributed by atoms with Crippen molar-refractivity contribution >= 4 is 17.5 Å². The molecule has 40 heavy (non-hydrogen) atoms. The summed E-state index contributed by atoms with van der Waals surface area (Å²) < 4.78 is 45.7. The summed E-state index contributed by atoms with van der Waals surface area (Å²) in [6, 6.07) is 9.48. The number of Topliss-reactive ketones (excluding diaryl/α,β-unsaturated/α-hetero) is 1. The van der Waals surface area contributed by atoms with E-state index >= 15 is 0 Å². The Hall–Kier alpha value is -2.71. The SMILES string of the molecule is CC(C)CC(F)(F)C(=O)C=C[C@H]1[C@H](OC2CCCCO2)CC(=O)[C@@H]1CC=CCCCC(=O)OCc1ccccc1. The molecule has 0 radical (unpaired) electrons. The van der Waals surface area contributed by atoms with Crippen LogP contribution in [0.4, 0.5) is 8.78 Å². The third-order valence-electron chi connectivity index (χ3n) is 7.22.